The highest BCUT2D eigenvalue weighted by Gasteiger charge is 2.24. The third-order valence-electron chi connectivity index (χ3n) is 3.96. The first kappa shape index (κ1) is 16.2. The molecule has 21 heavy (non-hydrogen) atoms. The summed E-state index contributed by atoms with van der Waals surface area (Å²) in [5.41, 5.74) is 0. The van der Waals surface area contributed by atoms with Gasteiger partial charge in [-0.25, -0.2) is 0 Å². The Hall–Kier alpha value is -1.14. The van der Waals surface area contributed by atoms with E-state index in [2.05, 4.69) is 32.5 Å². The lowest BCUT2D eigenvalue weighted by Crippen LogP contribution is -2.29. The third kappa shape index (κ3) is 4.97. The minimum absolute atomic E-state index is 0.188. The van der Waals surface area contributed by atoms with Crippen molar-refractivity contribution in [2.45, 2.75) is 39.0 Å². The first-order valence-electron chi connectivity index (χ1n) is 7.73. The van der Waals surface area contributed by atoms with Crippen molar-refractivity contribution in [3.8, 4) is 0 Å². The highest BCUT2D eigenvalue weighted by molar-refractivity contribution is 6.28. The van der Waals surface area contributed by atoms with Crippen LogP contribution in [-0.4, -0.2) is 39.8 Å². The highest BCUT2D eigenvalue weighted by Crippen LogP contribution is 2.29. The molecule has 7 heteroatoms. The van der Waals surface area contributed by atoms with Crippen molar-refractivity contribution in [2.75, 3.05) is 30.3 Å². The summed E-state index contributed by atoms with van der Waals surface area (Å²) in [6, 6.07) is 0. The quantitative estimate of drug-likeness (QED) is 0.717. The predicted molar refractivity (Wildman–Crippen MR) is 84.6 cm³/mol. The number of aliphatic hydroxyl groups excluding tert-OH is 1. The molecule has 1 aliphatic rings. The largest absolute Gasteiger partial charge is 0.396 e. The average molecular weight is 314 g/mol. The van der Waals surface area contributed by atoms with Gasteiger partial charge in [0.2, 0.25) is 17.2 Å². The molecule has 0 bridgehead atoms. The van der Waals surface area contributed by atoms with Gasteiger partial charge in [0.05, 0.1) is 0 Å². The van der Waals surface area contributed by atoms with Crippen LogP contribution < -0.4 is 10.6 Å². The second kappa shape index (κ2) is 8.34. The molecule has 2 unspecified atom stereocenters. The van der Waals surface area contributed by atoms with Gasteiger partial charge in [-0.05, 0) is 42.7 Å². The van der Waals surface area contributed by atoms with E-state index in [4.69, 9.17) is 11.6 Å². The maximum atomic E-state index is 9.44. The number of hydrogen-bond acceptors (Lipinski definition) is 6. The Kier molecular flexibility index (Phi) is 6.45. The van der Waals surface area contributed by atoms with E-state index in [-0.39, 0.29) is 11.9 Å². The van der Waals surface area contributed by atoms with E-state index in [1.807, 2.05) is 0 Å². The van der Waals surface area contributed by atoms with Crippen LogP contribution in [0.3, 0.4) is 0 Å². The molecule has 1 aromatic heterocycles. The van der Waals surface area contributed by atoms with E-state index < -0.39 is 0 Å². The smallest absolute Gasteiger partial charge is 0.228 e. The first-order valence-corrected chi connectivity index (χ1v) is 8.11. The average Bonchev–Trinajstić information content (AvgIpc) is 2.50. The summed E-state index contributed by atoms with van der Waals surface area (Å²) in [4.78, 5) is 12.5. The summed E-state index contributed by atoms with van der Waals surface area (Å²) in [6.45, 7) is 3.90. The van der Waals surface area contributed by atoms with Gasteiger partial charge in [-0.3, -0.25) is 0 Å². The number of aromatic nitrogens is 3. The lowest BCUT2D eigenvalue weighted by molar-refractivity contribution is 0.141. The normalized spacial score (nSPS) is 22.0. The zero-order chi connectivity index (χ0) is 15.1. The number of nitrogens with zero attached hydrogens (tertiary/aromatic N) is 3. The van der Waals surface area contributed by atoms with Crippen LogP contribution in [0.5, 0.6) is 0 Å². The topological polar surface area (TPSA) is 83.0 Å². The molecule has 1 aliphatic carbocycles. The van der Waals surface area contributed by atoms with Gasteiger partial charge in [-0.15, -0.1) is 0 Å². The van der Waals surface area contributed by atoms with E-state index in [9.17, 15) is 5.11 Å². The maximum Gasteiger partial charge on any atom is 0.228 e. The molecule has 2 atom stereocenters. The first-order chi connectivity index (χ1) is 10.2. The summed E-state index contributed by atoms with van der Waals surface area (Å²) in [6.07, 6.45) is 5.67. The molecular formula is C14H24ClN5O. The van der Waals surface area contributed by atoms with Crippen LogP contribution in [0.15, 0.2) is 0 Å². The maximum absolute atomic E-state index is 9.44. The lowest BCUT2D eigenvalue weighted by atomic mass is 9.80. The molecule has 0 aliphatic heterocycles. The molecular weight excluding hydrogens is 290 g/mol. The van der Waals surface area contributed by atoms with Gasteiger partial charge in [0, 0.05) is 19.7 Å². The molecule has 2 rings (SSSR count). The molecule has 0 aromatic carbocycles. The van der Waals surface area contributed by atoms with E-state index in [0.717, 1.165) is 32.4 Å². The molecule has 1 heterocycles. The zero-order valence-corrected chi connectivity index (χ0v) is 13.2. The fourth-order valence-electron chi connectivity index (χ4n) is 2.76. The number of anilines is 2. The van der Waals surface area contributed by atoms with Crippen molar-refractivity contribution >= 4 is 23.5 Å². The highest BCUT2D eigenvalue weighted by atomic mass is 35.5. The summed E-state index contributed by atoms with van der Waals surface area (Å²) in [5, 5.41) is 16.0. The fraction of sp³-hybridized carbons (Fsp3) is 0.786. The van der Waals surface area contributed by atoms with E-state index in [1.54, 1.807) is 0 Å². The number of aliphatic hydroxyl groups is 1. The fourth-order valence-corrected chi connectivity index (χ4v) is 2.92. The summed E-state index contributed by atoms with van der Waals surface area (Å²) < 4.78 is 0. The zero-order valence-electron chi connectivity index (χ0n) is 12.5. The Morgan fingerprint density at radius 2 is 1.76 bits per heavy atom. The van der Waals surface area contributed by atoms with Crippen LogP contribution in [0.2, 0.25) is 5.28 Å². The lowest BCUT2D eigenvalue weighted by Gasteiger charge is -2.30. The van der Waals surface area contributed by atoms with Gasteiger partial charge >= 0.3 is 0 Å². The Labute approximate surface area is 130 Å². The molecule has 118 valence electrons. The van der Waals surface area contributed by atoms with Gasteiger partial charge in [-0.1, -0.05) is 19.8 Å². The van der Waals surface area contributed by atoms with E-state index >= 15 is 0 Å². The van der Waals surface area contributed by atoms with Crippen LogP contribution in [0.4, 0.5) is 11.9 Å². The van der Waals surface area contributed by atoms with Crippen LogP contribution >= 0.6 is 11.6 Å². The molecule has 3 N–H and O–H groups in total. The summed E-state index contributed by atoms with van der Waals surface area (Å²) in [7, 11) is 0. The molecule has 1 fully saturated rings. The van der Waals surface area contributed by atoms with Crippen LogP contribution in [0.25, 0.3) is 0 Å². The van der Waals surface area contributed by atoms with Gasteiger partial charge in [0.25, 0.3) is 0 Å². The predicted octanol–water partition coefficient (Wildman–Crippen LogP) is 2.56. The second-order valence-corrected chi connectivity index (χ2v) is 5.88. The van der Waals surface area contributed by atoms with Crippen molar-refractivity contribution in [3.63, 3.8) is 0 Å². The Balaban J connectivity index is 1.93. The van der Waals surface area contributed by atoms with Gasteiger partial charge in [0.15, 0.2) is 0 Å². The Morgan fingerprint density at radius 1 is 1.10 bits per heavy atom. The molecule has 0 amide bonds. The van der Waals surface area contributed by atoms with Crippen LogP contribution in [-0.2, 0) is 0 Å². The van der Waals surface area contributed by atoms with E-state index in [0.29, 0.717) is 23.7 Å². The van der Waals surface area contributed by atoms with Gasteiger partial charge < -0.3 is 15.7 Å². The van der Waals surface area contributed by atoms with Gasteiger partial charge in [-0.2, -0.15) is 15.0 Å². The number of hydrogen-bond donors (Lipinski definition) is 3. The van der Waals surface area contributed by atoms with Crippen LogP contribution in [0.1, 0.15) is 39.0 Å². The van der Waals surface area contributed by atoms with Crippen molar-refractivity contribution in [1.29, 1.82) is 0 Å². The SMILES string of the molecule is CCCNc1nc(Cl)nc(NCC2CCCCC2CO)n1. The Morgan fingerprint density at radius 3 is 2.43 bits per heavy atom. The number of nitrogens with one attached hydrogen (secondary N) is 2. The molecule has 0 radical (unpaired) electrons. The minimum atomic E-state index is 0.188. The number of halogens is 1. The summed E-state index contributed by atoms with van der Waals surface area (Å²) in [5.74, 6) is 1.84. The monoisotopic (exact) mass is 313 g/mol. The molecule has 6 nitrogen and oxygen atoms in total. The minimum Gasteiger partial charge on any atom is -0.396 e. The third-order valence-corrected chi connectivity index (χ3v) is 4.13. The Bertz CT molecular complexity index is 445. The van der Waals surface area contributed by atoms with Crippen molar-refractivity contribution in [1.82, 2.24) is 15.0 Å². The second-order valence-electron chi connectivity index (χ2n) is 5.55. The van der Waals surface area contributed by atoms with Crippen molar-refractivity contribution in [2.24, 2.45) is 11.8 Å². The molecule has 1 aromatic rings. The molecule has 0 saturated heterocycles. The standard InChI is InChI=1S/C14H24ClN5O/c1-2-7-16-13-18-12(15)19-14(20-13)17-8-10-5-3-4-6-11(10)9-21/h10-11,21H,2-9H2,1H3,(H2,16,17,18,19,20). The van der Waals surface area contributed by atoms with Gasteiger partial charge in [0.1, 0.15) is 0 Å². The van der Waals surface area contributed by atoms with Crippen molar-refractivity contribution in [3.05, 3.63) is 5.28 Å². The number of rotatable bonds is 7. The van der Waals surface area contributed by atoms with Crippen LogP contribution in [0, 0.1) is 11.8 Å². The van der Waals surface area contributed by atoms with E-state index in [1.165, 1.54) is 12.8 Å². The molecule has 1 saturated carbocycles. The summed E-state index contributed by atoms with van der Waals surface area (Å²) >= 11 is 5.92. The molecule has 0 spiro atoms. The van der Waals surface area contributed by atoms with Crippen molar-refractivity contribution < 1.29 is 5.11 Å².